The van der Waals surface area contributed by atoms with E-state index in [4.69, 9.17) is 10.5 Å². The van der Waals surface area contributed by atoms with E-state index >= 15 is 0 Å². The minimum Gasteiger partial charge on any atom is -0.482 e. The van der Waals surface area contributed by atoms with Gasteiger partial charge in [0.2, 0.25) is 0 Å². The van der Waals surface area contributed by atoms with E-state index < -0.39 is 0 Å². The lowest BCUT2D eigenvalue weighted by Crippen LogP contribution is -2.35. The summed E-state index contributed by atoms with van der Waals surface area (Å²) in [5.41, 5.74) is 7.99. The lowest BCUT2D eigenvalue weighted by molar-refractivity contribution is -0.132. The molecule has 0 radical (unpaired) electrons. The molecule has 2 N–H and O–H groups in total. The summed E-state index contributed by atoms with van der Waals surface area (Å²) in [6.07, 6.45) is 0.787. The average Bonchev–Trinajstić information content (AvgIpc) is 2.87. The Labute approximate surface area is 132 Å². The number of carbonyl (C=O) groups excluding carboxylic acids is 1. The topological polar surface area (TPSA) is 68.5 Å². The summed E-state index contributed by atoms with van der Waals surface area (Å²) in [7, 11) is 0. The Morgan fingerprint density at radius 1 is 1.45 bits per heavy atom. The molecule has 2 rings (SSSR count). The minimum atomic E-state index is 0.00114. The molecule has 0 aliphatic carbocycles. The molecule has 22 heavy (non-hydrogen) atoms. The van der Waals surface area contributed by atoms with Gasteiger partial charge in [0.25, 0.3) is 5.91 Å². The molecule has 0 unspecified atom stereocenters. The summed E-state index contributed by atoms with van der Waals surface area (Å²) < 4.78 is 5.69. The Balaban J connectivity index is 1.94. The van der Waals surface area contributed by atoms with Gasteiger partial charge in [-0.25, -0.2) is 0 Å². The van der Waals surface area contributed by atoms with E-state index in [-0.39, 0.29) is 18.6 Å². The van der Waals surface area contributed by atoms with Crippen molar-refractivity contribution >= 4 is 5.91 Å². The molecule has 1 aliphatic rings. The minimum absolute atomic E-state index is 0.00114. The maximum Gasteiger partial charge on any atom is 0.260 e. The highest BCUT2D eigenvalue weighted by atomic mass is 16.5. The highest BCUT2D eigenvalue weighted by Crippen LogP contribution is 2.23. The predicted octanol–water partition coefficient (Wildman–Crippen LogP) is 1.77. The molecule has 0 spiro atoms. The van der Waals surface area contributed by atoms with Crippen molar-refractivity contribution in [2.75, 3.05) is 19.7 Å². The Morgan fingerprint density at radius 2 is 2.18 bits per heavy atom. The van der Waals surface area contributed by atoms with Crippen molar-refractivity contribution in [1.29, 1.82) is 0 Å². The molecule has 1 amide bonds. The molecule has 1 saturated heterocycles. The van der Waals surface area contributed by atoms with E-state index in [9.17, 15) is 4.79 Å². The number of aryl methyl sites for hydroxylation is 2. The molecule has 5 nitrogen and oxygen atoms in total. The first-order chi connectivity index (χ1) is 10.4. The number of hydrogen-bond donors (Lipinski definition) is 1. The van der Waals surface area contributed by atoms with Crippen LogP contribution in [0.2, 0.25) is 0 Å². The van der Waals surface area contributed by atoms with Crippen molar-refractivity contribution in [1.82, 2.24) is 9.88 Å². The highest BCUT2D eigenvalue weighted by Gasteiger charge is 2.34. The van der Waals surface area contributed by atoms with Crippen LogP contribution >= 0.6 is 0 Å². The number of amides is 1. The van der Waals surface area contributed by atoms with Crippen LogP contribution < -0.4 is 10.5 Å². The molecule has 0 saturated carbocycles. The van der Waals surface area contributed by atoms with Crippen molar-refractivity contribution in [3.8, 4) is 5.75 Å². The number of pyridine rings is 1. The monoisotopic (exact) mass is 305 g/mol. The van der Waals surface area contributed by atoms with Crippen LogP contribution in [0.4, 0.5) is 0 Å². The molecular formula is C17H27N3O2. The van der Waals surface area contributed by atoms with E-state index in [1.165, 1.54) is 0 Å². The maximum absolute atomic E-state index is 12.3. The Morgan fingerprint density at radius 3 is 2.77 bits per heavy atom. The van der Waals surface area contributed by atoms with Crippen LogP contribution in [0.15, 0.2) is 12.1 Å². The lowest BCUT2D eigenvalue weighted by Gasteiger charge is -2.19. The number of carbonyl (C=O) groups is 1. The van der Waals surface area contributed by atoms with Gasteiger partial charge in [0.15, 0.2) is 6.61 Å². The van der Waals surface area contributed by atoms with Crippen molar-refractivity contribution in [2.45, 2.75) is 40.2 Å². The zero-order valence-corrected chi connectivity index (χ0v) is 14.0. The molecular weight excluding hydrogens is 278 g/mol. The first-order valence-electron chi connectivity index (χ1n) is 8.05. The molecule has 1 aromatic rings. The van der Waals surface area contributed by atoms with E-state index in [0.717, 1.165) is 24.4 Å². The van der Waals surface area contributed by atoms with E-state index in [1.54, 1.807) is 0 Å². The fraction of sp³-hybridized carbons (Fsp3) is 0.647. The fourth-order valence-electron chi connectivity index (χ4n) is 2.98. The average molecular weight is 305 g/mol. The second-order valence-electron chi connectivity index (χ2n) is 6.41. The summed E-state index contributed by atoms with van der Waals surface area (Å²) in [5.74, 6) is 1.56. The maximum atomic E-state index is 12.3. The van der Waals surface area contributed by atoms with Crippen LogP contribution in [0.25, 0.3) is 0 Å². The third-order valence-electron chi connectivity index (χ3n) is 4.38. The van der Waals surface area contributed by atoms with Crippen LogP contribution in [0.1, 0.15) is 32.2 Å². The van der Waals surface area contributed by atoms with Gasteiger partial charge in [-0.2, -0.15) is 0 Å². The van der Waals surface area contributed by atoms with Crippen molar-refractivity contribution in [2.24, 2.45) is 17.6 Å². The number of hydrogen-bond acceptors (Lipinski definition) is 4. The number of ether oxygens (including phenoxy) is 1. The third kappa shape index (κ3) is 3.77. The summed E-state index contributed by atoms with van der Waals surface area (Å²) >= 11 is 0. The van der Waals surface area contributed by atoms with Gasteiger partial charge in [0.05, 0.1) is 5.69 Å². The van der Waals surface area contributed by atoms with Crippen LogP contribution in [0.3, 0.4) is 0 Å². The van der Waals surface area contributed by atoms with E-state index in [1.807, 2.05) is 30.9 Å². The zero-order chi connectivity index (χ0) is 16.3. The van der Waals surface area contributed by atoms with Gasteiger partial charge < -0.3 is 15.4 Å². The number of likely N-dealkylation sites (tertiary alicyclic amines) is 1. The quantitative estimate of drug-likeness (QED) is 0.900. The molecule has 2 heterocycles. The second kappa shape index (κ2) is 7.09. The van der Waals surface area contributed by atoms with Gasteiger partial charge in [-0.3, -0.25) is 9.78 Å². The molecule has 122 valence electrons. The van der Waals surface area contributed by atoms with Gasteiger partial charge >= 0.3 is 0 Å². The van der Waals surface area contributed by atoms with E-state index in [0.29, 0.717) is 24.1 Å². The largest absolute Gasteiger partial charge is 0.482 e. The first-order valence-corrected chi connectivity index (χ1v) is 8.05. The van der Waals surface area contributed by atoms with Gasteiger partial charge in [-0.05, 0) is 37.3 Å². The summed E-state index contributed by atoms with van der Waals surface area (Å²) in [5, 5.41) is 0. The normalized spacial score (nSPS) is 21.5. The van der Waals surface area contributed by atoms with E-state index in [2.05, 4.69) is 18.8 Å². The molecule has 1 aliphatic heterocycles. The molecule has 2 atom stereocenters. The molecule has 0 aromatic carbocycles. The van der Waals surface area contributed by atoms with Crippen LogP contribution in [-0.2, 0) is 11.2 Å². The number of nitrogens with two attached hydrogens (primary N) is 1. The zero-order valence-electron chi connectivity index (χ0n) is 14.0. The Kier molecular flexibility index (Phi) is 5.40. The molecule has 5 heteroatoms. The van der Waals surface area contributed by atoms with Gasteiger partial charge in [0.1, 0.15) is 5.75 Å². The lowest BCUT2D eigenvalue weighted by atomic mass is 9.92. The number of aromatic nitrogens is 1. The van der Waals surface area contributed by atoms with Crippen LogP contribution in [-0.4, -0.2) is 41.5 Å². The number of nitrogens with zero attached hydrogens (tertiary/aromatic N) is 2. The fourth-order valence-corrected chi connectivity index (χ4v) is 2.98. The predicted molar refractivity (Wildman–Crippen MR) is 86.7 cm³/mol. The van der Waals surface area contributed by atoms with Crippen LogP contribution in [0, 0.1) is 18.8 Å². The van der Waals surface area contributed by atoms with Gasteiger partial charge in [-0.1, -0.05) is 20.8 Å². The van der Waals surface area contributed by atoms with Gasteiger partial charge in [-0.15, -0.1) is 0 Å². The summed E-state index contributed by atoms with van der Waals surface area (Å²) in [6.45, 7) is 9.69. The van der Waals surface area contributed by atoms with Crippen LogP contribution in [0.5, 0.6) is 5.75 Å². The highest BCUT2D eigenvalue weighted by molar-refractivity contribution is 5.78. The SMILES string of the molecule is CCc1nc(C)ccc1OCC(=O)N1C[C@H](C(C)C)[C@@H](N)C1. The standard InChI is InChI=1S/C17H27N3O2/c1-5-15-16(7-6-12(4)19-15)22-10-17(21)20-8-13(11(2)3)14(18)9-20/h6-7,11,13-14H,5,8-10,18H2,1-4H3/t13-,14+/m1/s1. The second-order valence-corrected chi connectivity index (χ2v) is 6.41. The smallest absolute Gasteiger partial charge is 0.260 e. The first kappa shape index (κ1) is 16.7. The van der Waals surface area contributed by atoms with Crippen molar-refractivity contribution in [3.63, 3.8) is 0 Å². The Hall–Kier alpha value is -1.62. The van der Waals surface area contributed by atoms with Crippen molar-refractivity contribution in [3.05, 3.63) is 23.5 Å². The summed E-state index contributed by atoms with van der Waals surface area (Å²) in [6, 6.07) is 3.86. The Bertz CT molecular complexity index is 531. The van der Waals surface area contributed by atoms with Gasteiger partial charge in [0, 0.05) is 24.8 Å². The molecule has 1 aromatic heterocycles. The third-order valence-corrected chi connectivity index (χ3v) is 4.38. The summed E-state index contributed by atoms with van der Waals surface area (Å²) in [4.78, 5) is 18.6. The van der Waals surface area contributed by atoms with Crippen molar-refractivity contribution < 1.29 is 9.53 Å². The molecule has 1 fully saturated rings. The molecule has 0 bridgehead atoms. The number of rotatable bonds is 5.